The van der Waals surface area contributed by atoms with Gasteiger partial charge in [-0.05, 0) is 19.1 Å². The number of anilines is 1. The number of hydrogen-bond acceptors (Lipinski definition) is 6. The number of nitrogens with zero attached hydrogens (tertiary/aromatic N) is 2. The van der Waals surface area contributed by atoms with Gasteiger partial charge in [0.15, 0.2) is 0 Å². The van der Waals surface area contributed by atoms with Gasteiger partial charge in [-0.15, -0.1) is 0 Å². The Morgan fingerprint density at radius 2 is 2.09 bits per heavy atom. The Kier molecular flexibility index (Phi) is 5.35. The number of hydrogen-bond donors (Lipinski definition) is 1. The number of rotatable bonds is 7. The average Bonchev–Trinajstić information content (AvgIpc) is 2.86. The zero-order valence-corrected chi connectivity index (χ0v) is 13.0. The highest BCUT2D eigenvalue weighted by Gasteiger charge is 2.23. The van der Waals surface area contributed by atoms with Crippen LogP contribution >= 0.6 is 0 Å². The number of esters is 1. The second-order valence-electron chi connectivity index (χ2n) is 4.88. The predicted molar refractivity (Wildman–Crippen MR) is 82.4 cm³/mol. The third-order valence-corrected chi connectivity index (χ3v) is 3.36. The molecule has 7 heteroatoms. The number of aromatic nitrogens is 2. The first kappa shape index (κ1) is 16.3. The number of ether oxygens (including phenoxy) is 3. The minimum absolute atomic E-state index is 0.216. The van der Waals surface area contributed by atoms with E-state index < -0.39 is 6.04 Å². The molecule has 120 valence electrons. The molecule has 0 bridgehead atoms. The van der Waals surface area contributed by atoms with Crippen molar-refractivity contribution in [2.45, 2.75) is 19.6 Å². The van der Waals surface area contributed by atoms with E-state index in [4.69, 9.17) is 19.9 Å². The van der Waals surface area contributed by atoms with E-state index in [1.54, 1.807) is 31.8 Å². The molecule has 0 aliphatic carbocycles. The Morgan fingerprint density at radius 3 is 2.77 bits per heavy atom. The molecule has 1 aromatic heterocycles. The van der Waals surface area contributed by atoms with Gasteiger partial charge in [0.25, 0.3) is 0 Å². The third kappa shape index (κ3) is 3.20. The van der Waals surface area contributed by atoms with Crippen LogP contribution in [-0.4, -0.2) is 43.0 Å². The molecule has 1 unspecified atom stereocenters. The highest BCUT2D eigenvalue weighted by molar-refractivity contribution is 5.89. The van der Waals surface area contributed by atoms with Crippen LogP contribution in [0.2, 0.25) is 0 Å². The van der Waals surface area contributed by atoms with E-state index in [2.05, 4.69) is 4.98 Å². The number of para-hydroxylation sites is 1. The number of fused-ring (bicyclic) bond motifs is 1. The molecule has 0 spiro atoms. The van der Waals surface area contributed by atoms with Crippen molar-refractivity contribution in [3.63, 3.8) is 0 Å². The van der Waals surface area contributed by atoms with Gasteiger partial charge in [-0.25, -0.2) is 9.78 Å². The first-order valence-electron chi connectivity index (χ1n) is 7.00. The van der Waals surface area contributed by atoms with Crippen LogP contribution in [-0.2, 0) is 25.6 Å². The SMILES string of the molecule is COCCOC(=O)C(C)n1c(COC)nc2c(N)cccc21. The molecule has 2 rings (SSSR count). The van der Waals surface area contributed by atoms with Crippen LogP contribution in [0.15, 0.2) is 18.2 Å². The maximum atomic E-state index is 12.2. The number of nitrogens with two attached hydrogens (primary N) is 1. The van der Waals surface area contributed by atoms with Gasteiger partial charge in [0.2, 0.25) is 0 Å². The number of carbonyl (C=O) groups excluding carboxylic acids is 1. The van der Waals surface area contributed by atoms with Gasteiger partial charge in [-0.1, -0.05) is 6.07 Å². The van der Waals surface area contributed by atoms with Gasteiger partial charge in [0.1, 0.15) is 30.6 Å². The van der Waals surface area contributed by atoms with Gasteiger partial charge in [0, 0.05) is 14.2 Å². The molecule has 0 aliphatic rings. The fraction of sp³-hybridized carbons (Fsp3) is 0.467. The molecule has 0 radical (unpaired) electrons. The number of nitrogen functional groups attached to an aromatic ring is 1. The lowest BCUT2D eigenvalue weighted by molar-refractivity contribution is -0.148. The van der Waals surface area contributed by atoms with Gasteiger partial charge < -0.3 is 24.5 Å². The van der Waals surface area contributed by atoms with E-state index in [0.717, 1.165) is 5.52 Å². The fourth-order valence-electron chi connectivity index (χ4n) is 2.30. The maximum Gasteiger partial charge on any atom is 0.328 e. The molecule has 1 aromatic carbocycles. The summed E-state index contributed by atoms with van der Waals surface area (Å²) in [5.74, 6) is 0.280. The summed E-state index contributed by atoms with van der Waals surface area (Å²) in [5, 5.41) is 0. The zero-order chi connectivity index (χ0) is 16.1. The summed E-state index contributed by atoms with van der Waals surface area (Å²) in [6.45, 7) is 2.62. The summed E-state index contributed by atoms with van der Waals surface area (Å²) in [6.07, 6.45) is 0. The van der Waals surface area contributed by atoms with Crippen molar-refractivity contribution < 1.29 is 19.0 Å². The van der Waals surface area contributed by atoms with E-state index in [1.165, 1.54) is 0 Å². The Morgan fingerprint density at radius 1 is 1.32 bits per heavy atom. The van der Waals surface area contributed by atoms with Crippen LogP contribution in [0.5, 0.6) is 0 Å². The fourth-order valence-corrected chi connectivity index (χ4v) is 2.30. The van der Waals surface area contributed by atoms with Gasteiger partial charge >= 0.3 is 5.97 Å². The van der Waals surface area contributed by atoms with Crippen molar-refractivity contribution in [1.82, 2.24) is 9.55 Å². The van der Waals surface area contributed by atoms with E-state index >= 15 is 0 Å². The Hall–Kier alpha value is -2.12. The number of benzene rings is 1. The second-order valence-corrected chi connectivity index (χ2v) is 4.88. The van der Waals surface area contributed by atoms with E-state index in [9.17, 15) is 4.79 Å². The van der Waals surface area contributed by atoms with Crippen LogP contribution in [0.3, 0.4) is 0 Å². The number of methoxy groups -OCH3 is 2. The minimum atomic E-state index is -0.534. The van der Waals surface area contributed by atoms with Crippen molar-refractivity contribution in [2.75, 3.05) is 33.2 Å². The molecular weight excluding hydrogens is 286 g/mol. The molecule has 0 fully saturated rings. The first-order valence-corrected chi connectivity index (χ1v) is 7.00. The Bertz CT molecular complexity index is 654. The molecule has 1 atom stereocenters. The quantitative estimate of drug-likeness (QED) is 0.474. The highest BCUT2D eigenvalue weighted by Crippen LogP contribution is 2.26. The molecule has 0 aliphatic heterocycles. The Labute approximate surface area is 129 Å². The van der Waals surface area contributed by atoms with Crippen molar-refractivity contribution >= 4 is 22.7 Å². The summed E-state index contributed by atoms with van der Waals surface area (Å²) in [4.78, 5) is 16.7. The summed E-state index contributed by atoms with van der Waals surface area (Å²) >= 11 is 0. The number of carbonyl (C=O) groups is 1. The molecule has 0 saturated carbocycles. The van der Waals surface area contributed by atoms with Gasteiger partial charge in [-0.3, -0.25) is 0 Å². The summed E-state index contributed by atoms with van der Waals surface area (Å²) in [5.41, 5.74) is 7.96. The summed E-state index contributed by atoms with van der Waals surface area (Å²) < 4.78 is 17.0. The van der Waals surface area contributed by atoms with Crippen molar-refractivity contribution in [3.8, 4) is 0 Å². The lowest BCUT2D eigenvalue weighted by Crippen LogP contribution is -2.22. The van der Waals surface area contributed by atoms with Crippen LogP contribution in [0.4, 0.5) is 5.69 Å². The topological polar surface area (TPSA) is 88.6 Å². The minimum Gasteiger partial charge on any atom is -0.462 e. The van der Waals surface area contributed by atoms with Crippen LogP contribution < -0.4 is 5.73 Å². The molecule has 0 amide bonds. The lowest BCUT2D eigenvalue weighted by atomic mass is 10.2. The monoisotopic (exact) mass is 307 g/mol. The molecule has 22 heavy (non-hydrogen) atoms. The molecule has 2 aromatic rings. The zero-order valence-electron chi connectivity index (χ0n) is 13.0. The summed E-state index contributed by atoms with van der Waals surface area (Å²) in [6, 6.07) is 4.94. The number of imidazole rings is 1. The van der Waals surface area contributed by atoms with Gasteiger partial charge in [0.05, 0.1) is 17.8 Å². The van der Waals surface area contributed by atoms with Crippen molar-refractivity contribution in [2.24, 2.45) is 0 Å². The second kappa shape index (κ2) is 7.24. The van der Waals surface area contributed by atoms with Crippen LogP contribution in [0.25, 0.3) is 11.0 Å². The third-order valence-electron chi connectivity index (χ3n) is 3.36. The standard InChI is InChI=1S/C15H21N3O4/c1-10(15(19)22-8-7-20-2)18-12-6-4-5-11(16)14(12)17-13(18)9-21-3/h4-6,10H,7-9,16H2,1-3H3. The molecular formula is C15H21N3O4. The molecule has 2 N–H and O–H groups in total. The van der Waals surface area contributed by atoms with E-state index in [1.807, 2.05) is 12.1 Å². The van der Waals surface area contributed by atoms with Crippen molar-refractivity contribution in [1.29, 1.82) is 0 Å². The van der Waals surface area contributed by atoms with E-state index in [0.29, 0.717) is 23.6 Å². The van der Waals surface area contributed by atoms with Crippen LogP contribution in [0.1, 0.15) is 18.8 Å². The first-order chi connectivity index (χ1) is 10.6. The summed E-state index contributed by atoms with van der Waals surface area (Å²) in [7, 11) is 3.13. The van der Waals surface area contributed by atoms with E-state index in [-0.39, 0.29) is 19.2 Å². The smallest absolute Gasteiger partial charge is 0.328 e. The predicted octanol–water partition coefficient (Wildman–Crippen LogP) is 1.52. The van der Waals surface area contributed by atoms with Crippen molar-refractivity contribution in [3.05, 3.63) is 24.0 Å². The van der Waals surface area contributed by atoms with Crippen LogP contribution in [0, 0.1) is 0 Å². The molecule has 0 saturated heterocycles. The maximum absolute atomic E-state index is 12.2. The highest BCUT2D eigenvalue weighted by atomic mass is 16.6. The molecule has 1 heterocycles. The van der Waals surface area contributed by atoms with Gasteiger partial charge in [-0.2, -0.15) is 0 Å². The average molecular weight is 307 g/mol. The molecule has 7 nitrogen and oxygen atoms in total. The lowest BCUT2D eigenvalue weighted by Gasteiger charge is -2.16. The normalized spacial score (nSPS) is 12.5. The Balaban J connectivity index is 2.37. The largest absolute Gasteiger partial charge is 0.462 e.